The summed E-state index contributed by atoms with van der Waals surface area (Å²) in [4.78, 5) is 19.6. The van der Waals surface area contributed by atoms with Gasteiger partial charge in [0.15, 0.2) is 5.60 Å². The van der Waals surface area contributed by atoms with Crippen molar-refractivity contribution < 1.29 is 9.53 Å². The van der Waals surface area contributed by atoms with Gasteiger partial charge in [-0.05, 0) is 28.3 Å². The lowest BCUT2D eigenvalue weighted by molar-refractivity contribution is -0.160. The van der Waals surface area contributed by atoms with Gasteiger partial charge in [-0.1, -0.05) is 60.7 Å². The number of nitrogens with zero attached hydrogens (tertiary/aromatic N) is 2. The predicted octanol–water partition coefficient (Wildman–Crippen LogP) is 3.31. The molecular weight excluding hydrogens is 374 g/mol. The molecule has 4 rings (SSSR count). The van der Waals surface area contributed by atoms with Gasteiger partial charge >= 0.3 is 0 Å². The fourth-order valence-electron chi connectivity index (χ4n) is 4.17. The molecule has 0 saturated carbocycles. The Morgan fingerprint density at radius 1 is 1.10 bits per heavy atom. The number of ether oxygens (including phenoxy) is 1. The number of likely N-dealkylation sites (N-methyl/N-ethyl adjacent to an activating group) is 1. The fraction of sp³-hybridized carbons (Fsp3) is 0.280. The highest BCUT2D eigenvalue weighted by atomic mass is 16.5. The smallest absolute Gasteiger partial charge is 0.253 e. The Bertz CT molecular complexity index is 978. The first-order valence-electron chi connectivity index (χ1n) is 10.3. The van der Waals surface area contributed by atoms with Gasteiger partial charge in [0.1, 0.15) is 0 Å². The van der Waals surface area contributed by atoms with Gasteiger partial charge in [0, 0.05) is 45.5 Å². The third-order valence-corrected chi connectivity index (χ3v) is 5.61. The summed E-state index contributed by atoms with van der Waals surface area (Å²) >= 11 is 0. The van der Waals surface area contributed by atoms with E-state index in [2.05, 4.69) is 45.5 Å². The molecule has 1 amide bonds. The fourth-order valence-corrected chi connectivity index (χ4v) is 4.17. The zero-order chi connectivity index (χ0) is 20.8. The third-order valence-electron chi connectivity index (χ3n) is 5.61. The minimum Gasteiger partial charge on any atom is -0.362 e. The number of pyridine rings is 1. The van der Waals surface area contributed by atoms with Crippen LogP contribution in [0, 0.1) is 0 Å². The molecule has 154 valence electrons. The van der Waals surface area contributed by atoms with Gasteiger partial charge in [-0.15, -0.1) is 0 Å². The van der Waals surface area contributed by atoms with E-state index in [9.17, 15) is 4.79 Å². The molecule has 1 atom stereocenters. The van der Waals surface area contributed by atoms with Gasteiger partial charge in [0.05, 0.1) is 6.61 Å². The quantitative estimate of drug-likeness (QED) is 0.689. The number of aromatic nitrogens is 1. The van der Waals surface area contributed by atoms with Crippen molar-refractivity contribution in [1.29, 1.82) is 0 Å². The van der Waals surface area contributed by atoms with Crippen molar-refractivity contribution in [3.05, 3.63) is 90.3 Å². The molecule has 0 radical (unpaired) electrons. The molecule has 3 aromatic rings. The standard InChI is InChI=1S/C25H27N3O2/c1-26-24(29)25(19-28(14-15-30-25)18-20-8-7-13-27-17-20)16-22-11-5-6-12-23(22)21-9-3-2-4-10-21/h2-13,17H,14-16,18-19H2,1H3,(H,26,29). The molecule has 2 aromatic carbocycles. The van der Waals surface area contributed by atoms with Crippen LogP contribution in [0.2, 0.25) is 0 Å². The highest BCUT2D eigenvalue weighted by Gasteiger charge is 2.43. The zero-order valence-corrected chi connectivity index (χ0v) is 17.3. The summed E-state index contributed by atoms with van der Waals surface area (Å²) in [5.41, 5.74) is 3.59. The van der Waals surface area contributed by atoms with E-state index in [4.69, 9.17) is 4.74 Å². The predicted molar refractivity (Wildman–Crippen MR) is 118 cm³/mol. The number of hydrogen-bond acceptors (Lipinski definition) is 4. The van der Waals surface area contributed by atoms with E-state index in [1.165, 1.54) is 0 Å². The summed E-state index contributed by atoms with van der Waals surface area (Å²) in [6, 6.07) is 22.6. The first-order valence-corrected chi connectivity index (χ1v) is 10.3. The SMILES string of the molecule is CNC(=O)C1(Cc2ccccc2-c2ccccc2)CN(Cc2cccnc2)CCO1. The lowest BCUT2D eigenvalue weighted by Crippen LogP contribution is -2.60. The number of rotatable bonds is 6. The molecule has 1 aromatic heterocycles. The van der Waals surface area contributed by atoms with Crippen molar-refractivity contribution in [2.75, 3.05) is 26.7 Å². The number of carbonyl (C=O) groups is 1. The Hall–Kier alpha value is -3.02. The van der Waals surface area contributed by atoms with Gasteiger partial charge < -0.3 is 10.1 Å². The first-order chi connectivity index (χ1) is 14.7. The Morgan fingerprint density at radius 2 is 1.90 bits per heavy atom. The molecule has 0 aliphatic carbocycles. The summed E-state index contributed by atoms with van der Waals surface area (Å²) in [6.07, 6.45) is 4.17. The second kappa shape index (κ2) is 9.20. The molecule has 2 heterocycles. The maximum atomic E-state index is 13.1. The van der Waals surface area contributed by atoms with E-state index in [0.29, 0.717) is 19.6 Å². The number of nitrogens with one attached hydrogen (secondary N) is 1. The minimum absolute atomic E-state index is 0.0822. The van der Waals surface area contributed by atoms with Crippen LogP contribution in [-0.2, 0) is 22.5 Å². The number of morpholine rings is 1. The van der Waals surface area contributed by atoms with Crippen LogP contribution in [0.5, 0.6) is 0 Å². The van der Waals surface area contributed by atoms with Crippen LogP contribution in [0.15, 0.2) is 79.1 Å². The van der Waals surface area contributed by atoms with Crippen LogP contribution in [0.4, 0.5) is 0 Å². The number of benzene rings is 2. The Morgan fingerprint density at radius 3 is 2.67 bits per heavy atom. The van der Waals surface area contributed by atoms with Crippen LogP contribution in [-0.4, -0.2) is 48.1 Å². The molecule has 1 aliphatic heterocycles. The highest BCUT2D eigenvalue weighted by molar-refractivity contribution is 5.86. The van der Waals surface area contributed by atoms with E-state index in [1.54, 1.807) is 13.2 Å². The molecule has 1 N–H and O–H groups in total. The normalized spacial score (nSPS) is 19.4. The van der Waals surface area contributed by atoms with E-state index in [-0.39, 0.29) is 5.91 Å². The lowest BCUT2D eigenvalue weighted by Gasteiger charge is -2.41. The van der Waals surface area contributed by atoms with E-state index in [1.807, 2.05) is 42.6 Å². The molecule has 1 aliphatic rings. The van der Waals surface area contributed by atoms with Gasteiger partial charge in [-0.2, -0.15) is 0 Å². The number of amides is 1. The molecular formula is C25H27N3O2. The van der Waals surface area contributed by atoms with Crippen LogP contribution >= 0.6 is 0 Å². The van der Waals surface area contributed by atoms with Crippen LogP contribution in [0.3, 0.4) is 0 Å². The van der Waals surface area contributed by atoms with Gasteiger partial charge in [-0.3, -0.25) is 14.7 Å². The molecule has 30 heavy (non-hydrogen) atoms. The second-order valence-corrected chi connectivity index (χ2v) is 7.69. The average molecular weight is 402 g/mol. The minimum atomic E-state index is -0.930. The van der Waals surface area contributed by atoms with Crippen LogP contribution in [0.25, 0.3) is 11.1 Å². The van der Waals surface area contributed by atoms with E-state index < -0.39 is 5.60 Å². The number of hydrogen-bond donors (Lipinski definition) is 1. The zero-order valence-electron chi connectivity index (χ0n) is 17.3. The molecule has 1 unspecified atom stereocenters. The van der Waals surface area contributed by atoms with Crippen molar-refractivity contribution in [2.45, 2.75) is 18.6 Å². The molecule has 5 nitrogen and oxygen atoms in total. The molecule has 0 bridgehead atoms. The van der Waals surface area contributed by atoms with Crippen molar-refractivity contribution in [1.82, 2.24) is 15.2 Å². The van der Waals surface area contributed by atoms with Crippen molar-refractivity contribution in [3.63, 3.8) is 0 Å². The summed E-state index contributed by atoms with van der Waals surface area (Å²) in [5.74, 6) is -0.0822. The maximum Gasteiger partial charge on any atom is 0.253 e. The van der Waals surface area contributed by atoms with Crippen molar-refractivity contribution in [2.24, 2.45) is 0 Å². The third kappa shape index (κ3) is 4.42. The van der Waals surface area contributed by atoms with Gasteiger partial charge in [-0.25, -0.2) is 0 Å². The Kier molecular flexibility index (Phi) is 6.21. The summed E-state index contributed by atoms with van der Waals surface area (Å²) in [6.45, 7) is 2.58. The summed E-state index contributed by atoms with van der Waals surface area (Å²) in [5, 5.41) is 2.84. The van der Waals surface area contributed by atoms with Crippen LogP contribution in [0.1, 0.15) is 11.1 Å². The van der Waals surface area contributed by atoms with Crippen LogP contribution < -0.4 is 5.32 Å². The van der Waals surface area contributed by atoms with Gasteiger partial charge in [0.25, 0.3) is 5.91 Å². The molecule has 0 spiro atoms. The maximum absolute atomic E-state index is 13.1. The highest BCUT2D eigenvalue weighted by Crippen LogP contribution is 2.30. The topological polar surface area (TPSA) is 54.5 Å². The lowest BCUT2D eigenvalue weighted by atomic mass is 9.87. The molecule has 1 saturated heterocycles. The number of carbonyl (C=O) groups excluding carboxylic acids is 1. The van der Waals surface area contributed by atoms with E-state index >= 15 is 0 Å². The average Bonchev–Trinajstić information content (AvgIpc) is 2.80. The first kappa shape index (κ1) is 20.3. The Balaban J connectivity index is 1.63. The summed E-state index contributed by atoms with van der Waals surface area (Å²) < 4.78 is 6.21. The van der Waals surface area contributed by atoms with Crippen molar-refractivity contribution >= 4 is 5.91 Å². The molecule has 5 heteroatoms. The van der Waals surface area contributed by atoms with Crippen molar-refractivity contribution in [3.8, 4) is 11.1 Å². The van der Waals surface area contributed by atoms with Gasteiger partial charge in [0.2, 0.25) is 0 Å². The Labute approximate surface area is 177 Å². The van der Waals surface area contributed by atoms with E-state index in [0.717, 1.165) is 35.3 Å². The monoisotopic (exact) mass is 401 g/mol. The largest absolute Gasteiger partial charge is 0.362 e. The second-order valence-electron chi connectivity index (χ2n) is 7.69. The summed E-state index contributed by atoms with van der Waals surface area (Å²) in [7, 11) is 1.68. The molecule has 1 fully saturated rings.